The van der Waals surface area contributed by atoms with Crippen molar-refractivity contribution < 1.29 is 0 Å². The highest BCUT2D eigenvalue weighted by atomic mass is 15.3. The van der Waals surface area contributed by atoms with Gasteiger partial charge in [0.05, 0.1) is 11.7 Å². The van der Waals surface area contributed by atoms with Gasteiger partial charge in [0.15, 0.2) is 0 Å². The van der Waals surface area contributed by atoms with E-state index in [1.165, 1.54) is 69.9 Å². The maximum atomic E-state index is 4.78. The highest BCUT2D eigenvalue weighted by molar-refractivity contribution is 5.00. The van der Waals surface area contributed by atoms with Gasteiger partial charge in [0, 0.05) is 18.8 Å². The van der Waals surface area contributed by atoms with Crippen LogP contribution < -0.4 is 5.32 Å². The zero-order valence-corrected chi connectivity index (χ0v) is 13.6. The SMILES string of the molecule is CCCC1CCC(NCc2ccn(C3CCCC3)n2)CC1. The van der Waals surface area contributed by atoms with Gasteiger partial charge < -0.3 is 5.32 Å². The van der Waals surface area contributed by atoms with Crippen molar-refractivity contribution in [2.75, 3.05) is 0 Å². The first-order valence-corrected chi connectivity index (χ1v) is 9.12. The molecule has 1 aromatic heterocycles. The first kappa shape index (κ1) is 15.1. The average molecular weight is 289 g/mol. The maximum Gasteiger partial charge on any atom is 0.0762 e. The molecule has 0 unspecified atom stereocenters. The molecular weight excluding hydrogens is 258 g/mol. The zero-order chi connectivity index (χ0) is 14.5. The van der Waals surface area contributed by atoms with Crippen molar-refractivity contribution in [1.82, 2.24) is 15.1 Å². The molecule has 0 atom stereocenters. The van der Waals surface area contributed by atoms with Crippen molar-refractivity contribution in [2.45, 2.75) is 89.8 Å². The second kappa shape index (κ2) is 7.44. The van der Waals surface area contributed by atoms with E-state index in [0.29, 0.717) is 6.04 Å². The molecule has 2 aliphatic carbocycles. The molecule has 1 heterocycles. The second-order valence-electron chi connectivity index (χ2n) is 7.11. The minimum Gasteiger partial charge on any atom is -0.308 e. The number of hydrogen-bond acceptors (Lipinski definition) is 2. The normalized spacial score (nSPS) is 27.3. The lowest BCUT2D eigenvalue weighted by molar-refractivity contribution is 0.277. The van der Waals surface area contributed by atoms with E-state index in [4.69, 9.17) is 5.10 Å². The van der Waals surface area contributed by atoms with E-state index in [1.807, 2.05) is 0 Å². The molecule has 0 aliphatic heterocycles. The summed E-state index contributed by atoms with van der Waals surface area (Å²) < 4.78 is 2.21. The Morgan fingerprint density at radius 2 is 1.90 bits per heavy atom. The number of hydrogen-bond donors (Lipinski definition) is 1. The summed E-state index contributed by atoms with van der Waals surface area (Å²) in [5, 5.41) is 8.50. The Morgan fingerprint density at radius 1 is 1.14 bits per heavy atom. The molecule has 2 aliphatic rings. The molecular formula is C18H31N3. The monoisotopic (exact) mass is 289 g/mol. The van der Waals surface area contributed by atoms with Crippen LogP contribution in [0.4, 0.5) is 0 Å². The Hall–Kier alpha value is -0.830. The Bertz CT molecular complexity index is 412. The summed E-state index contributed by atoms with van der Waals surface area (Å²) in [6.45, 7) is 3.26. The van der Waals surface area contributed by atoms with Crippen LogP contribution in [0.1, 0.15) is 82.9 Å². The third kappa shape index (κ3) is 4.09. The molecule has 3 rings (SSSR count). The van der Waals surface area contributed by atoms with Gasteiger partial charge in [-0.15, -0.1) is 0 Å². The van der Waals surface area contributed by atoms with Crippen molar-refractivity contribution in [3.63, 3.8) is 0 Å². The third-order valence-electron chi connectivity index (χ3n) is 5.48. The summed E-state index contributed by atoms with van der Waals surface area (Å²) in [5.41, 5.74) is 1.22. The lowest BCUT2D eigenvalue weighted by atomic mass is 9.83. The van der Waals surface area contributed by atoms with Crippen molar-refractivity contribution >= 4 is 0 Å². The number of nitrogens with zero attached hydrogens (tertiary/aromatic N) is 2. The topological polar surface area (TPSA) is 29.9 Å². The minimum absolute atomic E-state index is 0.670. The van der Waals surface area contributed by atoms with E-state index in [-0.39, 0.29) is 0 Å². The zero-order valence-electron chi connectivity index (χ0n) is 13.6. The Morgan fingerprint density at radius 3 is 2.62 bits per heavy atom. The summed E-state index contributed by atoms with van der Waals surface area (Å²) in [6, 6.07) is 3.59. The lowest BCUT2D eigenvalue weighted by Crippen LogP contribution is -2.32. The van der Waals surface area contributed by atoms with Crippen LogP contribution in [0, 0.1) is 5.92 Å². The van der Waals surface area contributed by atoms with E-state index >= 15 is 0 Å². The Labute approximate surface area is 129 Å². The summed E-state index contributed by atoms with van der Waals surface area (Å²) >= 11 is 0. The van der Waals surface area contributed by atoms with Crippen LogP contribution in [0.5, 0.6) is 0 Å². The van der Waals surface area contributed by atoms with Gasteiger partial charge in [-0.25, -0.2) is 0 Å². The van der Waals surface area contributed by atoms with Gasteiger partial charge in [0.25, 0.3) is 0 Å². The van der Waals surface area contributed by atoms with Crippen molar-refractivity contribution in [1.29, 1.82) is 0 Å². The van der Waals surface area contributed by atoms with Gasteiger partial charge in [-0.3, -0.25) is 4.68 Å². The molecule has 21 heavy (non-hydrogen) atoms. The first-order valence-electron chi connectivity index (χ1n) is 9.12. The van der Waals surface area contributed by atoms with Crippen LogP contribution >= 0.6 is 0 Å². The molecule has 3 heteroatoms. The molecule has 3 nitrogen and oxygen atoms in total. The molecule has 118 valence electrons. The predicted molar refractivity (Wildman–Crippen MR) is 87.2 cm³/mol. The third-order valence-corrected chi connectivity index (χ3v) is 5.48. The summed E-state index contributed by atoms with van der Waals surface area (Å²) in [5.74, 6) is 0.995. The summed E-state index contributed by atoms with van der Waals surface area (Å²) in [7, 11) is 0. The Balaban J connectivity index is 1.41. The van der Waals surface area contributed by atoms with Gasteiger partial charge in [-0.1, -0.05) is 32.6 Å². The summed E-state index contributed by atoms with van der Waals surface area (Å²) in [4.78, 5) is 0. The molecule has 0 radical (unpaired) electrons. The first-order chi connectivity index (χ1) is 10.3. The van der Waals surface area contributed by atoms with E-state index < -0.39 is 0 Å². The number of rotatable bonds is 6. The standard InChI is InChI=1S/C18H31N3/c1-2-5-15-8-10-16(11-9-15)19-14-17-12-13-21(20-17)18-6-3-4-7-18/h12-13,15-16,18-19H,2-11,14H2,1H3. The molecule has 1 N–H and O–H groups in total. The largest absolute Gasteiger partial charge is 0.308 e. The molecule has 0 amide bonds. The maximum absolute atomic E-state index is 4.78. The number of nitrogens with one attached hydrogen (secondary N) is 1. The van der Waals surface area contributed by atoms with E-state index in [1.54, 1.807) is 0 Å². The minimum atomic E-state index is 0.670. The molecule has 0 bridgehead atoms. The highest BCUT2D eigenvalue weighted by Crippen LogP contribution is 2.29. The quantitative estimate of drug-likeness (QED) is 0.838. The van der Waals surface area contributed by atoms with E-state index in [0.717, 1.165) is 18.5 Å². The molecule has 0 spiro atoms. The van der Waals surface area contributed by atoms with Gasteiger partial charge in [0.2, 0.25) is 0 Å². The Kier molecular flexibility index (Phi) is 5.34. The molecule has 2 fully saturated rings. The van der Waals surface area contributed by atoms with Gasteiger partial charge in [-0.2, -0.15) is 5.10 Å². The van der Waals surface area contributed by atoms with Gasteiger partial charge >= 0.3 is 0 Å². The predicted octanol–water partition coefficient (Wildman–Crippen LogP) is 4.45. The smallest absolute Gasteiger partial charge is 0.0762 e. The van der Waals surface area contributed by atoms with Gasteiger partial charge in [0.1, 0.15) is 0 Å². The van der Waals surface area contributed by atoms with E-state index in [9.17, 15) is 0 Å². The average Bonchev–Trinajstić information content (AvgIpc) is 3.18. The molecule has 1 aromatic rings. The molecule has 0 aromatic carbocycles. The van der Waals surface area contributed by atoms with Crippen LogP contribution in [0.3, 0.4) is 0 Å². The second-order valence-corrected chi connectivity index (χ2v) is 7.11. The molecule has 2 saturated carbocycles. The fraction of sp³-hybridized carbons (Fsp3) is 0.833. The fourth-order valence-electron chi connectivity index (χ4n) is 4.16. The van der Waals surface area contributed by atoms with Crippen LogP contribution in [-0.2, 0) is 6.54 Å². The van der Waals surface area contributed by atoms with Crippen molar-refractivity contribution in [2.24, 2.45) is 5.92 Å². The van der Waals surface area contributed by atoms with Crippen molar-refractivity contribution in [3.8, 4) is 0 Å². The van der Waals surface area contributed by atoms with E-state index in [2.05, 4.69) is 29.2 Å². The lowest BCUT2D eigenvalue weighted by Gasteiger charge is -2.28. The van der Waals surface area contributed by atoms with Crippen LogP contribution in [0.25, 0.3) is 0 Å². The highest BCUT2D eigenvalue weighted by Gasteiger charge is 2.21. The van der Waals surface area contributed by atoms with Crippen LogP contribution in [0.15, 0.2) is 12.3 Å². The summed E-state index contributed by atoms with van der Waals surface area (Å²) in [6.07, 6.45) is 15.9. The van der Waals surface area contributed by atoms with Crippen LogP contribution in [0.2, 0.25) is 0 Å². The van der Waals surface area contributed by atoms with Crippen LogP contribution in [-0.4, -0.2) is 15.8 Å². The number of aromatic nitrogens is 2. The molecule has 0 saturated heterocycles. The fourth-order valence-corrected chi connectivity index (χ4v) is 4.16. The van der Waals surface area contributed by atoms with Gasteiger partial charge in [-0.05, 0) is 50.5 Å². The van der Waals surface area contributed by atoms with Crippen molar-refractivity contribution in [3.05, 3.63) is 18.0 Å².